The Kier molecular flexibility index (Phi) is 3.50. The minimum Gasteiger partial charge on any atom is -0.453 e. The van der Waals surface area contributed by atoms with Crippen molar-refractivity contribution in [2.75, 3.05) is 33.3 Å². The normalized spacial score (nSPS) is 16.4. The number of carbonyl (C=O) groups is 2. The van der Waals surface area contributed by atoms with Crippen LogP contribution in [0.3, 0.4) is 0 Å². The fraction of sp³-hybridized carbons (Fsp3) is 0.556. The molecule has 0 aromatic heterocycles. The van der Waals surface area contributed by atoms with Gasteiger partial charge in [0.2, 0.25) is 5.91 Å². The first-order chi connectivity index (χ1) is 6.69. The lowest BCUT2D eigenvalue weighted by molar-refractivity contribution is -0.127. The second-order valence-corrected chi connectivity index (χ2v) is 2.99. The Morgan fingerprint density at radius 2 is 1.71 bits per heavy atom. The van der Waals surface area contributed by atoms with Crippen molar-refractivity contribution < 1.29 is 14.3 Å². The highest BCUT2D eigenvalue weighted by molar-refractivity contribution is 5.87. The van der Waals surface area contributed by atoms with E-state index >= 15 is 0 Å². The maximum Gasteiger partial charge on any atom is 0.409 e. The summed E-state index contributed by atoms with van der Waals surface area (Å²) in [6.45, 7) is 5.53. The predicted molar refractivity (Wildman–Crippen MR) is 50.8 cm³/mol. The smallest absolute Gasteiger partial charge is 0.409 e. The summed E-state index contributed by atoms with van der Waals surface area (Å²) in [4.78, 5) is 25.5. The largest absolute Gasteiger partial charge is 0.453 e. The summed E-state index contributed by atoms with van der Waals surface area (Å²) in [5.41, 5.74) is 0. The predicted octanol–water partition coefficient (Wildman–Crippen LogP) is 0.0830. The highest BCUT2D eigenvalue weighted by atomic mass is 16.5. The molecular formula is C9H14N2O3. The van der Waals surface area contributed by atoms with E-state index in [-0.39, 0.29) is 12.0 Å². The van der Waals surface area contributed by atoms with Gasteiger partial charge in [0.15, 0.2) is 0 Å². The lowest BCUT2D eigenvalue weighted by Crippen LogP contribution is -2.50. The minimum absolute atomic E-state index is 0.0884. The van der Waals surface area contributed by atoms with Crippen molar-refractivity contribution in [2.45, 2.75) is 0 Å². The SMILES string of the molecule is C=CC(=O)N1CCN(C(=O)OC)CC1. The van der Waals surface area contributed by atoms with Gasteiger partial charge in [-0.25, -0.2) is 4.79 Å². The van der Waals surface area contributed by atoms with Crippen LogP contribution in [-0.4, -0.2) is 55.1 Å². The third-order valence-electron chi connectivity index (χ3n) is 2.20. The number of piperazine rings is 1. The molecule has 0 aliphatic carbocycles. The van der Waals surface area contributed by atoms with Crippen LogP contribution in [0.4, 0.5) is 4.79 Å². The first-order valence-electron chi connectivity index (χ1n) is 4.43. The molecule has 1 heterocycles. The van der Waals surface area contributed by atoms with Crippen LogP contribution in [0.5, 0.6) is 0 Å². The Balaban J connectivity index is 2.42. The Morgan fingerprint density at radius 3 is 2.14 bits per heavy atom. The van der Waals surface area contributed by atoms with Gasteiger partial charge in [-0.3, -0.25) is 4.79 Å². The summed E-state index contributed by atoms with van der Waals surface area (Å²) in [5, 5.41) is 0. The van der Waals surface area contributed by atoms with Crippen molar-refractivity contribution in [3.8, 4) is 0 Å². The Bertz CT molecular complexity index is 244. The molecule has 14 heavy (non-hydrogen) atoms. The number of carbonyl (C=O) groups excluding carboxylic acids is 2. The molecule has 0 atom stereocenters. The van der Waals surface area contributed by atoms with E-state index < -0.39 is 0 Å². The summed E-state index contributed by atoms with van der Waals surface area (Å²) >= 11 is 0. The van der Waals surface area contributed by atoms with E-state index in [1.807, 2.05) is 0 Å². The second kappa shape index (κ2) is 4.64. The molecule has 0 aromatic rings. The average molecular weight is 198 g/mol. The minimum atomic E-state index is -0.337. The summed E-state index contributed by atoms with van der Waals surface area (Å²) in [5.74, 6) is -0.0884. The van der Waals surface area contributed by atoms with Gasteiger partial charge in [-0.05, 0) is 6.08 Å². The van der Waals surface area contributed by atoms with Crippen LogP contribution >= 0.6 is 0 Å². The van der Waals surface area contributed by atoms with E-state index in [4.69, 9.17) is 0 Å². The lowest BCUT2D eigenvalue weighted by Gasteiger charge is -2.33. The van der Waals surface area contributed by atoms with E-state index in [2.05, 4.69) is 11.3 Å². The number of methoxy groups -OCH3 is 1. The first kappa shape index (κ1) is 10.6. The molecule has 1 aliphatic heterocycles. The highest BCUT2D eigenvalue weighted by Crippen LogP contribution is 2.03. The number of nitrogens with zero attached hydrogens (tertiary/aromatic N) is 2. The number of ether oxygens (including phenoxy) is 1. The van der Waals surface area contributed by atoms with Gasteiger partial charge < -0.3 is 14.5 Å². The summed E-state index contributed by atoms with van der Waals surface area (Å²) in [7, 11) is 1.35. The van der Waals surface area contributed by atoms with Gasteiger partial charge in [0.05, 0.1) is 7.11 Å². The fourth-order valence-electron chi connectivity index (χ4n) is 1.37. The van der Waals surface area contributed by atoms with Crippen LogP contribution in [0.25, 0.3) is 0 Å². The molecule has 78 valence electrons. The molecule has 5 heteroatoms. The number of rotatable bonds is 1. The molecule has 5 nitrogen and oxygen atoms in total. The molecule has 0 spiro atoms. The number of hydrogen-bond acceptors (Lipinski definition) is 3. The molecule has 1 rings (SSSR count). The van der Waals surface area contributed by atoms with Gasteiger partial charge in [0.25, 0.3) is 0 Å². The van der Waals surface area contributed by atoms with Crippen LogP contribution in [0, 0.1) is 0 Å². The molecule has 1 saturated heterocycles. The molecule has 0 unspecified atom stereocenters. The van der Waals surface area contributed by atoms with Gasteiger partial charge in [-0.15, -0.1) is 0 Å². The molecule has 0 bridgehead atoms. The van der Waals surface area contributed by atoms with Crippen LogP contribution < -0.4 is 0 Å². The van der Waals surface area contributed by atoms with E-state index in [0.29, 0.717) is 26.2 Å². The highest BCUT2D eigenvalue weighted by Gasteiger charge is 2.22. The lowest BCUT2D eigenvalue weighted by atomic mass is 10.3. The van der Waals surface area contributed by atoms with Crippen molar-refractivity contribution in [1.29, 1.82) is 0 Å². The van der Waals surface area contributed by atoms with E-state index in [1.54, 1.807) is 9.80 Å². The van der Waals surface area contributed by atoms with Gasteiger partial charge in [-0.1, -0.05) is 6.58 Å². The van der Waals surface area contributed by atoms with Crippen molar-refractivity contribution >= 4 is 12.0 Å². The van der Waals surface area contributed by atoms with E-state index in [0.717, 1.165) is 0 Å². The van der Waals surface area contributed by atoms with Gasteiger partial charge in [-0.2, -0.15) is 0 Å². The average Bonchev–Trinajstić information content (AvgIpc) is 2.27. The quantitative estimate of drug-likeness (QED) is 0.561. The van der Waals surface area contributed by atoms with E-state index in [1.165, 1.54) is 13.2 Å². The van der Waals surface area contributed by atoms with Crippen molar-refractivity contribution in [2.24, 2.45) is 0 Å². The summed E-state index contributed by atoms with van der Waals surface area (Å²) in [6, 6.07) is 0. The third-order valence-corrected chi connectivity index (χ3v) is 2.20. The van der Waals surface area contributed by atoms with Crippen LogP contribution in [0.2, 0.25) is 0 Å². The number of hydrogen-bond donors (Lipinski definition) is 0. The fourth-order valence-corrected chi connectivity index (χ4v) is 1.37. The van der Waals surface area contributed by atoms with Gasteiger partial charge >= 0.3 is 6.09 Å². The van der Waals surface area contributed by atoms with Crippen molar-refractivity contribution in [1.82, 2.24) is 9.80 Å². The third kappa shape index (κ3) is 2.25. The molecule has 1 fully saturated rings. The van der Waals surface area contributed by atoms with Crippen molar-refractivity contribution in [3.05, 3.63) is 12.7 Å². The zero-order chi connectivity index (χ0) is 10.6. The molecule has 0 aromatic carbocycles. The van der Waals surface area contributed by atoms with Crippen molar-refractivity contribution in [3.63, 3.8) is 0 Å². The molecule has 1 aliphatic rings. The summed E-state index contributed by atoms with van der Waals surface area (Å²) < 4.78 is 4.58. The second-order valence-electron chi connectivity index (χ2n) is 2.99. The molecule has 2 amide bonds. The standard InChI is InChI=1S/C9H14N2O3/c1-3-8(12)10-4-6-11(7-5-10)9(13)14-2/h3H,1,4-7H2,2H3. The molecule has 0 N–H and O–H groups in total. The Labute approximate surface area is 82.9 Å². The topological polar surface area (TPSA) is 49.9 Å². The number of amides is 2. The molecular weight excluding hydrogens is 184 g/mol. The first-order valence-corrected chi connectivity index (χ1v) is 4.43. The van der Waals surface area contributed by atoms with Crippen LogP contribution in [0.15, 0.2) is 12.7 Å². The van der Waals surface area contributed by atoms with Crippen LogP contribution in [-0.2, 0) is 9.53 Å². The van der Waals surface area contributed by atoms with E-state index in [9.17, 15) is 9.59 Å². The van der Waals surface area contributed by atoms with Gasteiger partial charge in [0.1, 0.15) is 0 Å². The summed E-state index contributed by atoms with van der Waals surface area (Å²) in [6.07, 6.45) is 0.948. The zero-order valence-electron chi connectivity index (χ0n) is 8.23. The van der Waals surface area contributed by atoms with Crippen LogP contribution in [0.1, 0.15) is 0 Å². The maximum absolute atomic E-state index is 11.2. The maximum atomic E-state index is 11.2. The van der Waals surface area contributed by atoms with Gasteiger partial charge in [0, 0.05) is 26.2 Å². The Morgan fingerprint density at radius 1 is 1.21 bits per heavy atom. The monoisotopic (exact) mass is 198 g/mol. The Hall–Kier alpha value is -1.52. The zero-order valence-corrected chi connectivity index (χ0v) is 8.23. The molecule has 0 saturated carbocycles. The molecule has 0 radical (unpaired) electrons.